The number of amides is 2. The van der Waals surface area contributed by atoms with Crippen molar-refractivity contribution in [3.63, 3.8) is 0 Å². The van der Waals surface area contributed by atoms with Gasteiger partial charge in [0.15, 0.2) is 0 Å². The van der Waals surface area contributed by atoms with Crippen LogP contribution >= 0.6 is 0 Å². The Morgan fingerprint density at radius 3 is 2.50 bits per heavy atom. The molecule has 2 aromatic heterocycles. The summed E-state index contributed by atoms with van der Waals surface area (Å²) in [6, 6.07) is 10.5. The van der Waals surface area contributed by atoms with Gasteiger partial charge in [-0.2, -0.15) is 13.2 Å². The third kappa shape index (κ3) is 5.00. The highest BCUT2D eigenvalue weighted by Gasteiger charge is 2.33. The van der Waals surface area contributed by atoms with E-state index in [2.05, 4.69) is 4.98 Å². The van der Waals surface area contributed by atoms with Gasteiger partial charge in [0.2, 0.25) is 5.91 Å². The van der Waals surface area contributed by atoms with Gasteiger partial charge in [-0.1, -0.05) is 24.3 Å². The van der Waals surface area contributed by atoms with Crippen LogP contribution in [-0.2, 0) is 15.7 Å². The van der Waals surface area contributed by atoms with E-state index in [1.165, 1.54) is 6.07 Å². The number of ether oxygens (including phenoxy) is 1. The van der Waals surface area contributed by atoms with Crippen LogP contribution in [0.15, 0.2) is 54.9 Å². The number of aromatic nitrogens is 2. The van der Waals surface area contributed by atoms with Gasteiger partial charge in [0.1, 0.15) is 5.65 Å². The summed E-state index contributed by atoms with van der Waals surface area (Å²) in [6.07, 6.45) is -1.55. The quantitative estimate of drug-likeness (QED) is 0.557. The van der Waals surface area contributed by atoms with E-state index in [1.807, 2.05) is 6.07 Å². The lowest BCUT2D eigenvalue weighted by Crippen LogP contribution is -2.51. The van der Waals surface area contributed by atoms with Gasteiger partial charge in [-0.15, -0.1) is 0 Å². The Morgan fingerprint density at radius 1 is 1.06 bits per heavy atom. The fourth-order valence-electron chi connectivity index (χ4n) is 4.19. The van der Waals surface area contributed by atoms with E-state index < -0.39 is 23.8 Å². The molecule has 7 nitrogen and oxygen atoms in total. The van der Waals surface area contributed by atoms with Crippen molar-refractivity contribution in [1.82, 2.24) is 19.2 Å². The van der Waals surface area contributed by atoms with E-state index in [1.54, 1.807) is 51.7 Å². The molecule has 1 aliphatic rings. The molecule has 0 aliphatic carbocycles. The van der Waals surface area contributed by atoms with Gasteiger partial charge < -0.3 is 18.9 Å². The zero-order chi connectivity index (χ0) is 24.3. The largest absolute Gasteiger partial charge is 0.450 e. The number of hydrogen-bond acceptors (Lipinski definition) is 4. The van der Waals surface area contributed by atoms with Crippen molar-refractivity contribution in [2.24, 2.45) is 0 Å². The molecular weight excluding hydrogens is 449 g/mol. The molecule has 0 bridgehead atoms. The van der Waals surface area contributed by atoms with Gasteiger partial charge in [0.05, 0.1) is 17.9 Å². The Labute approximate surface area is 194 Å². The minimum absolute atomic E-state index is 0.0244. The SMILES string of the molecule is CCOC(=O)N1CCN(C(=O)CC(c2cccc(C(F)(F)F)c2)c2cnc3ccccn23)CC1. The fourth-order valence-corrected chi connectivity index (χ4v) is 4.19. The van der Waals surface area contributed by atoms with Gasteiger partial charge in [-0.25, -0.2) is 9.78 Å². The van der Waals surface area contributed by atoms with Crippen LogP contribution in [0.3, 0.4) is 0 Å². The Balaban J connectivity index is 1.60. The fraction of sp³-hybridized carbons (Fsp3) is 0.375. The normalized spacial score (nSPS) is 15.4. The Bertz CT molecular complexity index is 1170. The maximum Gasteiger partial charge on any atom is 0.416 e. The molecule has 10 heteroatoms. The van der Waals surface area contributed by atoms with Crippen molar-refractivity contribution in [3.05, 3.63) is 71.7 Å². The summed E-state index contributed by atoms with van der Waals surface area (Å²) in [7, 11) is 0. The van der Waals surface area contributed by atoms with Gasteiger partial charge in [0, 0.05) is 50.9 Å². The van der Waals surface area contributed by atoms with Crippen molar-refractivity contribution in [2.75, 3.05) is 32.8 Å². The van der Waals surface area contributed by atoms with Crippen molar-refractivity contribution >= 4 is 17.6 Å². The van der Waals surface area contributed by atoms with Crippen LogP contribution in [0, 0.1) is 0 Å². The number of hydrogen-bond donors (Lipinski definition) is 0. The van der Waals surface area contributed by atoms with Crippen LogP contribution in [0.2, 0.25) is 0 Å². The summed E-state index contributed by atoms with van der Waals surface area (Å²) in [4.78, 5) is 32.7. The van der Waals surface area contributed by atoms with E-state index in [4.69, 9.17) is 4.74 Å². The van der Waals surface area contributed by atoms with Crippen molar-refractivity contribution < 1.29 is 27.5 Å². The second kappa shape index (κ2) is 9.74. The average molecular weight is 474 g/mol. The molecule has 0 saturated carbocycles. The summed E-state index contributed by atoms with van der Waals surface area (Å²) in [5.74, 6) is -0.827. The lowest BCUT2D eigenvalue weighted by molar-refractivity contribution is -0.137. The van der Waals surface area contributed by atoms with Crippen molar-refractivity contribution in [2.45, 2.75) is 25.4 Å². The lowest BCUT2D eigenvalue weighted by Gasteiger charge is -2.34. The number of nitrogens with zero attached hydrogens (tertiary/aromatic N) is 4. The first kappa shape index (κ1) is 23.6. The third-order valence-electron chi connectivity index (χ3n) is 5.96. The van der Waals surface area contributed by atoms with E-state index in [0.29, 0.717) is 43.1 Å². The molecule has 34 heavy (non-hydrogen) atoms. The van der Waals surface area contributed by atoms with Gasteiger partial charge in [-0.05, 0) is 30.7 Å². The van der Waals surface area contributed by atoms with E-state index >= 15 is 0 Å². The standard InChI is InChI=1S/C24H25F3N4O3/c1-2-34-23(33)30-12-10-29(11-13-30)22(32)15-19(17-6-5-7-18(14-17)24(25,26)27)20-16-28-21-8-3-4-9-31(20)21/h3-9,14,16,19H,2,10-13,15H2,1H3. The molecule has 0 N–H and O–H groups in total. The molecule has 1 aromatic carbocycles. The number of imidazole rings is 1. The van der Waals surface area contributed by atoms with Crippen LogP contribution in [0.4, 0.5) is 18.0 Å². The van der Waals surface area contributed by atoms with E-state index in [9.17, 15) is 22.8 Å². The summed E-state index contributed by atoms with van der Waals surface area (Å²) < 4.78 is 47.0. The van der Waals surface area contributed by atoms with Gasteiger partial charge in [-0.3, -0.25) is 4.79 Å². The molecule has 0 radical (unpaired) electrons. The molecule has 1 fully saturated rings. The maximum absolute atomic E-state index is 13.4. The number of pyridine rings is 1. The third-order valence-corrected chi connectivity index (χ3v) is 5.96. The number of rotatable bonds is 5. The predicted molar refractivity (Wildman–Crippen MR) is 118 cm³/mol. The number of benzene rings is 1. The monoisotopic (exact) mass is 474 g/mol. The van der Waals surface area contributed by atoms with E-state index in [-0.39, 0.29) is 18.9 Å². The first-order valence-electron chi connectivity index (χ1n) is 11.1. The number of carbonyl (C=O) groups excluding carboxylic acids is 2. The van der Waals surface area contributed by atoms with Crippen LogP contribution in [-0.4, -0.2) is 64.0 Å². The lowest BCUT2D eigenvalue weighted by atomic mass is 9.90. The number of fused-ring (bicyclic) bond motifs is 1. The van der Waals surface area contributed by atoms with Crippen LogP contribution in [0.5, 0.6) is 0 Å². The van der Waals surface area contributed by atoms with Gasteiger partial charge in [0.25, 0.3) is 0 Å². The molecule has 180 valence electrons. The van der Waals surface area contributed by atoms with Crippen molar-refractivity contribution in [3.8, 4) is 0 Å². The van der Waals surface area contributed by atoms with Crippen LogP contribution in [0.25, 0.3) is 5.65 Å². The molecular formula is C24H25F3N4O3. The molecule has 3 aromatic rings. The zero-order valence-corrected chi connectivity index (χ0v) is 18.7. The summed E-state index contributed by atoms with van der Waals surface area (Å²) in [5, 5.41) is 0. The number of halogens is 3. The first-order chi connectivity index (χ1) is 16.3. The molecule has 2 amide bonds. The number of carbonyl (C=O) groups is 2. The molecule has 0 spiro atoms. The minimum Gasteiger partial charge on any atom is -0.450 e. The smallest absolute Gasteiger partial charge is 0.416 e. The predicted octanol–water partition coefficient (Wildman–Crippen LogP) is 4.18. The topological polar surface area (TPSA) is 67.2 Å². The number of piperazine rings is 1. The Kier molecular flexibility index (Phi) is 6.76. The maximum atomic E-state index is 13.4. The van der Waals surface area contributed by atoms with Crippen molar-refractivity contribution in [1.29, 1.82) is 0 Å². The average Bonchev–Trinajstić information content (AvgIpc) is 3.26. The Morgan fingerprint density at radius 2 is 1.79 bits per heavy atom. The minimum atomic E-state index is -4.49. The molecule has 4 rings (SSSR count). The highest BCUT2D eigenvalue weighted by molar-refractivity contribution is 5.78. The second-order valence-corrected chi connectivity index (χ2v) is 8.06. The zero-order valence-electron chi connectivity index (χ0n) is 18.7. The molecule has 1 unspecified atom stereocenters. The van der Waals surface area contributed by atoms with Crippen LogP contribution < -0.4 is 0 Å². The molecule has 1 aliphatic heterocycles. The highest BCUT2D eigenvalue weighted by atomic mass is 19.4. The number of alkyl halides is 3. The first-order valence-corrected chi connectivity index (χ1v) is 11.1. The second-order valence-electron chi connectivity index (χ2n) is 8.06. The summed E-state index contributed by atoms with van der Waals surface area (Å²) in [5.41, 5.74) is 0.900. The Hall–Kier alpha value is -3.56. The van der Waals surface area contributed by atoms with E-state index in [0.717, 1.165) is 12.1 Å². The highest BCUT2D eigenvalue weighted by Crippen LogP contribution is 2.35. The van der Waals surface area contributed by atoms with Gasteiger partial charge >= 0.3 is 12.3 Å². The molecule has 3 heterocycles. The van der Waals surface area contributed by atoms with Crippen LogP contribution in [0.1, 0.15) is 36.1 Å². The summed E-state index contributed by atoms with van der Waals surface area (Å²) >= 11 is 0. The molecule has 1 atom stereocenters. The summed E-state index contributed by atoms with van der Waals surface area (Å²) in [6.45, 7) is 3.35. The molecule has 1 saturated heterocycles.